The Morgan fingerprint density at radius 1 is 1.04 bits per heavy atom. The van der Waals surface area contributed by atoms with Crippen molar-refractivity contribution in [3.63, 3.8) is 0 Å². The lowest BCUT2D eigenvalue weighted by Crippen LogP contribution is -2.17. The molecule has 0 amide bonds. The first kappa shape index (κ1) is 15.4. The summed E-state index contributed by atoms with van der Waals surface area (Å²) in [6.07, 6.45) is 3.86. The SMILES string of the molecule is Cc1nonc1Cn1nc2nc(C(C)(C)C)nc(-n3cccc3)c2n1. The molecular weight excluding hydrogens is 320 g/mol. The van der Waals surface area contributed by atoms with Crippen LogP contribution in [0.15, 0.2) is 29.2 Å². The maximum atomic E-state index is 4.74. The molecule has 25 heavy (non-hydrogen) atoms. The van der Waals surface area contributed by atoms with Crippen LogP contribution in [-0.4, -0.2) is 39.8 Å². The second-order valence-corrected chi connectivity index (χ2v) is 6.91. The van der Waals surface area contributed by atoms with Crippen molar-refractivity contribution in [3.05, 3.63) is 41.7 Å². The third-order valence-corrected chi connectivity index (χ3v) is 3.83. The second-order valence-electron chi connectivity index (χ2n) is 6.91. The van der Waals surface area contributed by atoms with E-state index in [9.17, 15) is 0 Å². The molecular formula is C16H18N8O. The van der Waals surface area contributed by atoms with Crippen LogP contribution in [0.3, 0.4) is 0 Å². The zero-order valence-electron chi connectivity index (χ0n) is 14.5. The molecule has 0 unspecified atom stereocenters. The van der Waals surface area contributed by atoms with Crippen LogP contribution in [0, 0.1) is 6.92 Å². The molecule has 0 atom stereocenters. The summed E-state index contributed by atoms with van der Waals surface area (Å²) in [5.74, 6) is 1.43. The van der Waals surface area contributed by atoms with Crippen molar-refractivity contribution in [1.29, 1.82) is 0 Å². The van der Waals surface area contributed by atoms with Gasteiger partial charge in [-0.15, -0.1) is 10.2 Å². The molecule has 0 saturated carbocycles. The molecule has 0 bridgehead atoms. The van der Waals surface area contributed by atoms with Gasteiger partial charge in [0.15, 0.2) is 11.3 Å². The van der Waals surface area contributed by atoms with Gasteiger partial charge in [0.1, 0.15) is 23.8 Å². The van der Waals surface area contributed by atoms with E-state index in [0.29, 0.717) is 34.9 Å². The molecule has 0 aliphatic rings. The maximum absolute atomic E-state index is 4.74. The number of aromatic nitrogens is 8. The molecule has 0 fully saturated rings. The smallest absolute Gasteiger partial charge is 0.207 e. The number of nitrogens with zero attached hydrogens (tertiary/aromatic N) is 8. The Kier molecular flexibility index (Phi) is 3.38. The van der Waals surface area contributed by atoms with Crippen LogP contribution in [0.4, 0.5) is 0 Å². The molecule has 9 heteroatoms. The van der Waals surface area contributed by atoms with Gasteiger partial charge in [0.25, 0.3) is 0 Å². The van der Waals surface area contributed by atoms with E-state index in [0.717, 1.165) is 5.82 Å². The quantitative estimate of drug-likeness (QED) is 0.563. The molecule has 0 aliphatic heterocycles. The Morgan fingerprint density at radius 2 is 1.80 bits per heavy atom. The molecule has 0 aromatic carbocycles. The van der Waals surface area contributed by atoms with E-state index in [1.54, 1.807) is 4.80 Å². The third-order valence-electron chi connectivity index (χ3n) is 3.83. The Labute approximate surface area is 143 Å². The average molecular weight is 338 g/mol. The second kappa shape index (κ2) is 5.47. The zero-order chi connectivity index (χ0) is 17.6. The molecule has 4 aromatic rings. The zero-order valence-corrected chi connectivity index (χ0v) is 14.5. The Bertz CT molecular complexity index is 1020. The van der Waals surface area contributed by atoms with Gasteiger partial charge >= 0.3 is 0 Å². The van der Waals surface area contributed by atoms with Crippen molar-refractivity contribution in [3.8, 4) is 5.82 Å². The fraction of sp³-hybridized carbons (Fsp3) is 0.375. The highest BCUT2D eigenvalue weighted by atomic mass is 16.6. The lowest BCUT2D eigenvalue weighted by atomic mass is 9.96. The predicted octanol–water partition coefficient (Wildman–Crippen LogP) is 2.05. The Balaban J connectivity index is 1.87. The van der Waals surface area contributed by atoms with Crippen LogP contribution in [-0.2, 0) is 12.0 Å². The molecule has 0 saturated heterocycles. The van der Waals surface area contributed by atoms with Gasteiger partial charge in [0.05, 0.1) is 0 Å². The van der Waals surface area contributed by atoms with Crippen molar-refractivity contribution < 1.29 is 4.63 Å². The summed E-state index contributed by atoms with van der Waals surface area (Å²) in [5, 5.41) is 16.7. The number of aryl methyl sites for hydroxylation is 1. The van der Waals surface area contributed by atoms with E-state index in [2.05, 4.69) is 46.3 Å². The van der Waals surface area contributed by atoms with Crippen LogP contribution < -0.4 is 0 Å². The van der Waals surface area contributed by atoms with Gasteiger partial charge in [-0.05, 0) is 19.1 Å². The highest BCUT2D eigenvalue weighted by Crippen LogP contribution is 2.23. The van der Waals surface area contributed by atoms with Crippen molar-refractivity contribution in [2.75, 3.05) is 0 Å². The van der Waals surface area contributed by atoms with Crippen LogP contribution >= 0.6 is 0 Å². The topological polar surface area (TPSA) is 100 Å². The van der Waals surface area contributed by atoms with E-state index in [4.69, 9.17) is 9.61 Å². The van der Waals surface area contributed by atoms with Gasteiger partial charge in [-0.1, -0.05) is 31.1 Å². The summed E-state index contributed by atoms with van der Waals surface area (Å²) in [6.45, 7) is 8.41. The van der Waals surface area contributed by atoms with Crippen LogP contribution in [0.25, 0.3) is 17.0 Å². The van der Waals surface area contributed by atoms with Crippen molar-refractivity contribution in [2.24, 2.45) is 0 Å². The molecule has 9 nitrogen and oxygen atoms in total. The lowest BCUT2D eigenvalue weighted by Gasteiger charge is -2.17. The number of fused-ring (bicyclic) bond motifs is 1. The molecule has 0 N–H and O–H groups in total. The predicted molar refractivity (Wildman–Crippen MR) is 89.3 cm³/mol. The molecule has 0 aliphatic carbocycles. The maximum Gasteiger partial charge on any atom is 0.207 e. The third kappa shape index (κ3) is 2.77. The summed E-state index contributed by atoms with van der Waals surface area (Å²) in [4.78, 5) is 10.9. The highest BCUT2D eigenvalue weighted by Gasteiger charge is 2.23. The summed E-state index contributed by atoms with van der Waals surface area (Å²) in [6, 6.07) is 3.89. The molecule has 4 aromatic heterocycles. The molecule has 0 spiro atoms. The number of hydrogen-bond donors (Lipinski definition) is 0. The standard InChI is InChI=1S/C16H18N8O/c1-10-11(22-25-21-10)9-24-19-12-13(20-24)17-15(16(2,3)4)18-14(12)23-7-5-6-8-23/h5-8H,9H2,1-4H3. The van der Waals surface area contributed by atoms with E-state index >= 15 is 0 Å². The highest BCUT2D eigenvalue weighted by molar-refractivity contribution is 5.77. The fourth-order valence-corrected chi connectivity index (χ4v) is 2.43. The molecule has 128 valence electrons. The number of hydrogen-bond acceptors (Lipinski definition) is 7. The normalized spacial score (nSPS) is 12.2. The van der Waals surface area contributed by atoms with Crippen LogP contribution in [0.1, 0.15) is 38.0 Å². The summed E-state index contributed by atoms with van der Waals surface area (Å²) < 4.78 is 6.65. The summed E-state index contributed by atoms with van der Waals surface area (Å²) in [5.41, 5.74) is 2.39. The minimum atomic E-state index is -0.202. The van der Waals surface area contributed by atoms with Gasteiger partial charge in [0, 0.05) is 17.8 Å². The van der Waals surface area contributed by atoms with E-state index in [1.807, 2.05) is 36.0 Å². The van der Waals surface area contributed by atoms with Crippen LogP contribution in [0.5, 0.6) is 0 Å². The van der Waals surface area contributed by atoms with Crippen molar-refractivity contribution >= 4 is 11.2 Å². The summed E-state index contributed by atoms with van der Waals surface area (Å²) in [7, 11) is 0. The first-order valence-corrected chi connectivity index (χ1v) is 7.96. The van der Waals surface area contributed by atoms with Gasteiger partial charge in [-0.25, -0.2) is 14.6 Å². The van der Waals surface area contributed by atoms with E-state index in [-0.39, 0.29) is 5.41 Å². The van der Waals surface area contributed by atoms with Crippen LogP contribution in [0.2, 0.25) is 0 Å². The largest absolute Gasteiger partial charge is 0.307 e. The molecule has 4 heterocycles. The minimum absolute atomic E-state index is 0.202. The fourth-order valence-electron chi connectivity index (χ4n) is 2.43. The summed E-state index contributed by atoms with van der Waals surface area (Å²) >= 11 is 0. The van der Waals surface area contributed by atoms with E-state index < -0.39 is 0 Å². The van der Waals surface area contributed by atoms with Gasteiger partial charge in [-0.3, -0.25) is 0 Å². The van der Waals surface area contributed by atoms with Crippen molar-refractivity contribution in [2.45, 2.75) is 39.7 Å². The Hall–Kier alpha value is -3.10. The monoisotopic (exact) mass is 338 g/mol. The van der Waals surface area contributed by atoms with Gasteiger partial charge in [0.2, 0.25) is 5.65 Å². The van der Waals surface area contributed by atoms with Gasteiger partial charge < -0.3 is 4.57 Å². The van der Waals surface area contributed by atoms with Crippen molar-refractivity contribution in [1.82, 2.24) is 39.8 Å². The molecule has 0 radical (unpaired) electrons. The Morgan fingerprint density at radius 3 is 2.44 bits per heavy atom. The first-order chi connectivity index (χ1) is 11.9. The van der Waals surface area contributed by atoms with Gasteiger partial charge in [-0.2, -0.15) is 4.80 Å². The van der Waals surface area contributed by atoms with E-state index in [1.165, 1.54) is 0 Å². The lowest BCUT2D eigenvalue weighted by molar-refractivity contribution is 0.299. The molecule has 4 rings (SSSR count). The first-order valence-electron chi connectivity index (χ1n) is 7.96. The minimum Gasteiger partial charge on any atom is -0.307 e. The number of rotatable bonds is 3. The average Bonchev–Trinajstić information content (AvgIpc) is 3.27.